The molecule has 1 aromatic carbocycles. The Labute approximate surface area is 137 Å². The van der Waals surface area contributed by atoms with Crippen LogP contribution in [0.25, 0.3) is 0 Å². The van der Waals surface area contributed by atoms with E-state index in [1.807, 2.05) is 6.07 Å². The Morgan fingerprint density at radius 2 is 2.00 bits per heavy atom. The third-order valence-corrected chi connectivity index (χ3v) is 4.74. The molecule has 1 amide bonds. The third-order valence-electron chi connectivity index (χ3n) is 2.85. The van der Waals surface area contributed by atoms with Crippen LogP contribution < -0.4 is 5.32 Å². The Kier molecular flexibility index (Phi) is 5.38. The van der Waals surface area contributed by atoms with Gasteiger partial charge in [0.1, 0.15) is 5.76 Å². The van der Waals surface area contributed by atoms with E-state index in [9.17, 15) is 13.2 Å². The van der Waals surface area contributed by atoms with Gasteiger partial charge in [0.05, 0.1) is 31.3 Å². The summed E-state index contributed by atoms with van der Waals surface area (Å²) >= 11 is 3.32. The normalized spacial score (nSPS) is 11.6. The lowest BCUT2D eigenvalue weighted by Gasteiger charge is -2.18. The van der Waals surface area contributed by atoms with Gasteiger partial charge in [-0.05, 0) is 40.2 Å². The molecule has 22 heavy (non-hydrogen) atoms. The number of anilines is 1. The van der Waals surface area contributed by atoms with E-state index < -0.39 is 15.9 Å². The van der Waals surface area contributed by atoms with Gasteiger partial charge in [-0.2, -0.15) is 4.31 Å². The van der Waals surface area contributed by atoms with Crippen LogP contribution in [0.4, 0.5) is 5.69 Å². The zero-order valence-electron chi connectivity index (χ0n) is 11.8. The van der Waals surface area contributed by atoms with Crippen molar-refractivity contribution in [2.24, 2.45) is 0 Å². The number of benzene rings is 1. The van der Waals surface area contributed by atoms with Crippen molar-refractivity contribution in [2.75, 3.05) is 18.1 Å². The van der Waals surface area contributed by atoms with Crippen LogP contribution in [-0.2, 0) is 21.4 Å². The Hall–Kier alpha value is -1.64. The van der Waals surface area contributed by atoms with Gasteiger partial charge in [-0.1, -0.05) is 12.1 Å². The van der Waals surface area contributed by atoms with Gasteiger partial charge in [0.2, 0.25) is 15.9 Å². The van der Waals surface area contributed by atoms with Crippen LogP contribution in [0.3, 0.4) is 0 Å². The number of hydrogen-bond donors (Lipinski definition) is 1. The summed E-state index contributed by atoms with van der Waals surface area (Å²) in [5.41, 5.74) is 0.582. The van der Waals surface area contributed by atoms with Crippen LogP contribution in [0.5, 0.6) is 0 Å². The largest absolute Gasteiger partial charge is 0.468 e. The fourth-order valence-electron chi connectivity index (χ4n) is 1.78. The molecule has 0 spiro atoms. The number of carbonyl (C=O) groups is 1. The third kappa shape index (κ3) is 4.69. The Morgan fingerprint density at radius 1 is 1.27 bits per heavy atom. The first-order chi connectivity index (χ1) is 10.4. The minimum absolute atomic E-state index is 0.00914. The van der Waals surface area contributed by atoms with Gasteiger partial charge in [0.15, 0.2) is 0 Å². The molecule has 0 saturated heterocycles. The highest BCUT2D eigenvalue weighted by Crippen LogP contribution is 2.21. The molecule has 0 fully saturated rings. The SMILES string of the molecule is CS(=O)(=O)N(CC(=O)Nc1ccccc1Br)Cc1ccco1. The number of rotatable bonds is 6. The summed E-state index contributed by atoms with van der Waals surface area (Å²) in [6.07, 6.45) is 2.51. The smallest absolute Gasteiger partial charge is 0.239 e. The molecule has 2 aromatic rings. The highest BCUT2D eigenvalue weighted by Gasteiger charge is 2.21. The maximum absolute atomic E-state index is 12.1. The first-order valence-electron chi connectivity index (χ1n) is 6.38. The monoisotopic (exact) mass is 386 g/mol. The molecule has 6 nitrogen and oxygen atoms in total. The first-order valence-corrected chi connectivity index (χ1v) is 9.02. The molecule has 118 valence electrons. The number of carbonyl (C=O) groups excluding carboxylic acids is 1. The lowest BCUT2D eigenvalue weighted by molar-refractivity contribution is -0.116. The predicted molar refractivity (Wildman–Crippen MR) is 86.7 cm³/mol. The molecule has 1 N–H and O–H groups in total. The lowest BCUT2D eigenvalue weighted by atomic mass is 10.3. The second kappa shape index (κ2) is 7.08. The molecular formula is C14H15BrN2O4S. The van der Waals surface area contributed by atoms with E-state index in [0.717, 1.165) is 15.0 Å². The quantitative estimate of drug-likeness (QED) is 0.826. The molecule has 0 bridgehead atoms. The summed E-state index contributed by atoms with van der Waals surface area (Å²) in [4.78, 5) is 12.1. The van der Waals surface area contributed by atoms with Crippen molar-refractivity contribution in [3.05, 3.63) is 52.9 Å². The van der Waals surface area contributed by atoms with Crippen molar-refractivity contribution in [1.29, 1.82) is 0 Å². The van der Waals surface area contributed by atoms with E-state index in [2.05, 4.69) is 21.2 Å². The minimum Gasteiger partial charge on any atom is -0.468 e. The number of sulfonamides is 1. The van der Waals surface area contributed by atoms with Gasteiger partial charge < -0.3 is 9.73 Å². The molecule has 1 aromatic heterocycles. The summed E-state index contributed by atoms with van der Waals surface area (Å²) in [7, 11) is -3.54. The Morgan fingerprint density at radius 3 is 2.59 bits per heavy atom. The van der Waals surface area contributed by atoms with Crippen LogP contribution >= 0.6 is 15.9 Å². The highest BCUT2D eigenvalue weighted by atomic mass is 79.9. The summed E-state index contributed by atoms with van der Waals surface area (Å²) in [5, 5.41) is 2.67. The summed E-state index contributed by atoms with van der Waals surface area (Å²) in [6.45, 7) is -0.282. The second-order valence-corrected chi connectivity index (χ2v) is 7.48. The molecule has 0 radical (unpaired) electrons. The minimum atomic E-state index is -3.54. The van der Waals surface area contributed by atoms with Crippen molar-refractivity contribution in [3.8, 4) is 0 Å². The number of hydrogen-bond acceptors (Lipinski definition) is 4. The van der Waals surface area contributed by atoms with Gasteiger partial charge in [0.25, 0.3) is 0 Å². The lowest BCUT2D eigenvalue weighted by Crippen LogP contribution is -2.36. The van der Waals surface area contributed by atoms with Crippen LogP contribution in [0.1, 0.15) is 5.76 Å². The fraction of sp³-hybridized carbons (Fsp3) is 0.214. The van der Waals surface area contributed by atoms with E-state index in [0.29, 0.717) is 11.4 Å². The zero-order chi connectivity index (χ0) is 16.2. The average molecular weight is 387 g/mol. The number of para-hydroxylation sites is 1. The molecule has 0 saturated carbocycles. The van der Waals surface area contributed by atoms with Gasteiger partial charge in [-0.25, -0.2) is 8.42 Å². The molecule has 2 rings (SSSR count). The molecule has 0 aliphatic carbocycles. The maximum atomic E-state index is 12.1. The summed E-state index contributed by atoms with van der Waals surface area (Å²) in [6, 6.07) is 10.4. The highest BCUT2D eigenvalue weighted by molar-refractivity contribution is 9.10. The molecule has 0 aliphatic heterocycles. The average Bonchev–Trinajstić information content (AvgIpc) is 2.92. The maximum Gasteiger partial charge on any atom is 0.239 e. The molecule has 0 aliphatic rings. The van der Waals surface area contributed by atoms with Crippen LogP contribution in [-0.4, -0.2) is 31.4 Å². The van der Waals surface area contributed by atoms with Crippen LogP contribution in [0.15, 0.2) is 51.6 Å². The van der Waals surface area contributed by atoms with Crippen LogP contribution in [0, 0.1) is 0 Å². The Bertz CT molecular complexity index is 744. The number of halogens is 1. The standard InChI is InChI=1S/C14H15BrN2O4S/c1-22(19,20)17(9-11-5-4-8-21-11)10-14(18)16-13-7-3-2-6-12(13)15/h2-8H,9-10H2,1H3,(H,16,18). The van der Waals surface area contributed by atoms with Gasteiger partial charge in [0, 0.05) is 4.47 Å². The number of furan rings is 1. The topological polar surface area (TPSA) is 79.6 Å². The molecule has 8 heteroatoms. The fourth-order valence-corrected chi connectivity index (χ4v) is 2.88. The van der Waals surface area contributed by atoms with Crippen molar-refractivity contribution < 1.29 is 17.6 Å². The van der Waals surface area contributed by atoms with E-state index in [1.165, 1.54) is 6.26 Å². The second-order valence-electron chi connectivity index (χ2n) is 4.64. The summed E-state index contributed by atoms with van der Waals surface area (Å²) < 4.78 is 30.5. The summed E-state index contributed by atoms with van der Waals surface area (Å²) in [5.74, 6) is 0.0444. The van der Waals surface area contributed by atoms with Crippen molar-refractivity contribution >= 4 is 37.5 Å². The number of nitrogens with one attached hydrogen (secondary N) is 1. The van der Waals surface area contributed by atoms with Crippen molar-refractivity contribution in [3.63, 3.8) is 0 Å². The Balaban J connectivity index is 2.07. The molecule has 1 heterocycles. The predicted octanol–water partition coefficient (Wildman–Crippen LogP) is 2.44. The van der Waals surface area contributed by atoms with E-state index in [4.69, 9.17) is 4.42 Å². The molecule has 0 unspecified atom stereocenters. The number of amides is 1. The first kappa shape index (κ1) is 16.7. The van der Waals surface area contributed by atoms with E-state index in [1.54, 1.807) is 30.3 Å². The van der Waals surface area contributed by atoms with Gasteiger partial charge >= 0.3 is 0 Å². The zero-order valence-corrected chi connectivity index (χ0v) is 14.2. The van der Waals surface area contributed by atoms with Gasteiger partial charge in [-0.3, -0.25) is 4.79 Å². The molecular weight excluding hydrogens is 372 g/mol. The van der Waals surface area contributed by atoms with E-state index >= 15 is 0 Å². The van der Waals surface area contributed by atoms with Crippen LogP contribution in [0.2, 0.25) is 0 Å². The van der Waals surface area contributed by atoms with Crippen molar-refractivity contribution in [2.45, 2.75) is 6.54 Å². The molecule has 0 atom stereocenters. The van der Waals surface area contributed by atoms with E-state index in [-0.39, 0.29) is 13.1 Å². The number of nitrogens with zero attached hydrogens (tertiary/aromatic N) is 1. The van der Waals surface area contributed by atoms with Gasteiger partial charge in [-0.15, -0.1) is 0 Å². The van der Waals surface area contributed by atoms with Crippen molar-refractivity contribution in [1.82, 2.24) is 4.31 Å².